The van der Waals surface area contributed by atoms with Gasteiger partial charge in [-0.05, 0) is 131 Å². The SMILES string of the molecule is CCCCCCCCC1(CCCCCCCC)c2cc(C)ccc2-c2ccc(-c3cc(C)c(B(c4c(C)cc(C)cc4C)c4c(C)cc(-c5ccncc5)cc4C)c(C)c3)cc21. The summed E-state index contributed by atoms with van der Waals surface area (Å²) in [5.41, 5.74) is 26.5. The number of benzene rings is 5. The van der Waals surface area contributed by atoms with Gasteiger partial charge in [-0.2, -0.15) is 0 Å². The highest BCUT2D eigenvalue weighted by atomic mass is 14.6. The molecule has 1 aliphatic carbocycles. The maximum absolute atomic E-state index is 4.30. The van der Waals surface area contributed by atoms with Crippen molar-refractivity contribution >= 4 is 23.1 Å². The fourth-order valence-corrected chi connectivity index (χ4v) is 11.7. The van der Waals surface area contributed by atoms with Crippen LogP contribution < -0.4 is 16.4 Å². The van der Waals surface area contributed by atoms with E-state index in [1.54, 1.807) is 11.1 Å². The van der Waals surface area contributed by atoms with E-state index in [1.165, 1.54) is 184 Å². The smallest absolute Gasteiger partial charge is 0.243 e. The molecule has 0 unspecified atom stereocenters. The summed E-state index contributed by atoms with van der Waals surface area (Å²) >= 11 is 0. The van der Waals surface area contributed by atoms with Crippen molar-refractivity contribution in [1.29, 1.82) is 0 Å². The lowest BCUT2D eigenvalue weighted by Crippen LogP contribution is -2.57. The van der Waals surface area contributed by atoms with Gasteiger partial charge >= 0.3 is 0 Å². The topological polar surface area (TPSA) is 12.9 Å². The van der Waals surface area contributed by atoms with E-state index in [4.69, 9.17) is 0 Å². The monoisotopic (exact) mass is 820 g/mol. The molecule has 0 radical (unpaired) electrons. The third-order valence-electron chi connectivity index (χ3n) is 14.6. The molecule has 7 rings (SSSR count). The van der Waals surface area contributed by atoms with Crippen molar-refractivity contribution in [3.63, 3.8) is 0 Å². The molecule has 62 heavy (non-hydrogen) atoms. The molecular weight excluding hydrogens is 745 g/mol. The molecule has 6 aromatic rings. The second kappa shape index (κ2) is 20.2. The number of hydrogen-bond donors (Lipinski definition) is 0. The number of fused-ring (bicyclic) bond motifs is 3. The summed E-state index contributed by atoms with van der Waals surface area (Å²) < 4.78 is 0. The minimum absolute atomic E-state index is 0.0648. The number of unbranched alkanes of at least 4 members (excludes halogenated alkanes) is 10. The third-order valence-corrected chi connectivity index (χ3v) is 14.6. The zero-order valence-electron chi connectivity index (χ0n) is 40.2. The largest absolute Gasteiger partial charge is 0.265 e. The minimum atomic E-state index is 0.0648. The lowest BCUT2D eigenvalue weighted by Gasteiger charge is -2.33. The third kappa shape index (κ3) is 9.46. The number of rotatable bonds is 19. The van der Waals surface area contributed by atoms with Crippen molar-refractivity contribution in [2.24, 2.45) is 0 Å². The molecule has 1 aromatic heterocycles. The average molecular weight is 820 g/mol. The van der Waals surface area contributed by atoms with Gasteiger partial charge in [0.25, 0.3) is 0 Å². The molecule has 1 heterocycles. The van der Waals surface area contributed by atoms with Crippen molar-refractivity contribution in [3.05, 3.63) is 153 Å². The molecule has 0 saturated heterocycles. The Morgan fingerprint density at radius 1 is 0.387 bits per heavy atom. The van der Waals surface area contributed by atoms with Crippen LogP contribution in [0, 0.1) is 55.4 Å². The summed E-state index contributed by atoms with van der Waals surface area (Å²) in [7, 11) is 0. The Kier molecular flexibility index (Phi) is 14.8. The van der Waals surface area contributed by atoms with E-state index in [0.717, 1.165) is 0 Å². The number of aromatic nitrogens is 1. The van der Waals surface area contributed by atoms with Crippen molar-refractivity contribution in [2.45, 2.75) is 165 Å². The van der Waals surface area contributed by atoms with E-state index < -0.39 is 0 Å². The summed E-state index contributed by atoms with van der Waals surface area (Å²) in [6.07, 6.45) is 22.3. The van der Waals surface area contributed by atoms with Crippen LogP contribution >= 0.6 is 0 Å². The van der Waals surface area contributed by atoms with Crippen molar-refractivity contribution < 1.29 is 0 Å². The Morgan fingerprint density at radius 3 is 1.31 bits per heavy atom. The molecule has 0 spiro atoms. The van der Waals surface area contributed by atoms with Crippen LogP contribution in [0.3, 0.4) is 0 Å². The molecule has 322 valence electrons. The highest BCUT2D eigenvalue weighted by molar-refractivity contribution is 6.97. The first-order valence-electron chi connectivity index (χ1n) is 24.4. The normalized spacial score (nSPS) is 12.7. The summed E-state index contributed by atoms with van der Waals surface area (Å²) in [6, 6.07) is 33.8. The van der Waals surface area contributed by atoms with Gasteiger partial charge in [0, 0.05) is 17.8 Å². The van der Waals surface area contributed by atoms with Crippen LogP contribution in [0.4, 0.5) is 0 Å². The van der Waals surface area contributed by atoms with E-state index >= 15 is 0 Å². The van der Waals surface area contributed by atoms with Crippen molar-refractivity contribution in [1.82, 2.24) is 4.98 Å². The highest BCUT2D eigenvalue weighted by Crippen LogP contribution is 2.55. The molecule has 1 aliphatic rings. The van der Waals surface area contributed by atoms with Crippen LogP contribution in [0.2, 0.25) is 0 Å². The number of hydrogen-bond acceptors (Lipinski definition) is 1. The molecule has 0 bridgehead atoms. The van der Waals surface area contributed by atoms with E-state index in [0.29, 0.717) is 0 Å². The van der Waals surface area contributed by atoms with Crippen molar-refractivity contribution in [3.8, 4) is 33.4 Å². The second-order valence-electron chi connectivity index (χ2n) is 19.5. The predicted octanol–water partition coefficient (Wildman–Crippen LogP) is 15.2. The van der Waals surface area contributed by atoms with Crippen LogP contribution in [0.1, 0.15) is 159 Å². The summed E-state index contributed by atoms with van der Waals surface area (Å²) in [6.45, 7) is 23.4. The fraction of sp³-hybridized carbons (Fsp3) is 0.417. The fourth-order valence-electron chi connectivity index (χ4n) is 11.7. The average Bonchev–Trinajstić information content (AvgIpc) is 3.50. The van der Waals surface area contributed by atoms with Gasteiger partial charge in [0.1, 0.15) is 0 Å². The quantitative estimate of drug-likeness (QED) is 0.0586. The van der Waals surface area contributed by atoms with Crippen LogP contribution in [0.25, 0.3) is 33.4 Å². The Hall–Kier alpha value is -4.69. The van der Waals surface area contributed by atoms with Gasteiger partial charge in [-0.3, -0.25) is 4.98 Å². The molecule has 0 atom stereocenters. The zero-order valence-corrected chi connectivity index (χ0v) is 40.2. The number of aryl methyl sites for hydroxylation is 8. The predicted molar refractivity (Wildman–Crippen MR) is 273 cm³/mol. The van der Waals surface area contributed by atoms with E-state index in [9.17, 15) is 0 Å². The van der Waals surface area contributed by atoms with Gasteiger partial charge < -0.3 is 0 Å². The maximum atomic E-state index is 4.30. The minimum Gasteiger partial charge on any atom is -0.265 e. The molecule has 0 aliphatic heterocycles. The van der Waals surface area contributed by atoms with Crippen LogP contribution in [0.5, 0.6) is 0 Å². The Labute approximate surface area is 377 Å². The summed E-state index contributed by atoms with van der Waals surface area (Å²) in [5, 5.41) is 0. The first kappa shape index (κ1) is 45.3. The summed E-state index contributed by atoms with van der Waals surface area (Å²) in [5.74, 6) is 0. The molecular formula is C60H74BN. The second-order valence-corrected chi connectivity index (χ2v) is 19.5. The Bertz CT molecular complexity index is 2400. The molecule has 0 amide bonds. The van der Waals surface area contributed by atoms with E-state index in [2.05, 4.69) is 159 Å². The molecule has 0 N–H and O–H groups in total. The van der Waals surface area contributed by atoms with Crippen LogP contribution in [0.15, 0.2) is 97.3 Å². The van der Waals surface area contributed by atoms with Gasteiger partial charge in [0.05, 0.1) is 0 Å². The highest BCUT2D eigenvalue weighted by Gasteiger charge is 2.42. The zero-order chi connectivity index (χ0) is 44.0. The Balaban J connectivity index is 1.33. The van der Waals surface area contributed by atoms with Gasteiger partial charge in [0.15, 0.2) is 0 Å². The van der Waals surface area contributed by atoms with Crippen molar-refractivity contribution in [2.75, 3.05) is 0 Å². The molecule has 1 nitrogen and oxygen atoms in total. The van der Waals surface area contributed by atoms with Crippen LogP contribution in [-0.2, 0) is 5.41 Å². The van der Waals surface area contributed by atoms with Gasteiger partial charge in [-0.15, -0.1) is 0 Å². The first-order valence-corrected chi connectivity index (χ1v) is 24.4. The molecule has 5 aromatic carbocycles. The Morgan fingerprint density at radius 2 is 0.806 bits per heavy atom. The molecule has 0 fully saturated rings. The van der Waals surface area contributed by atoms with E-state index in [-0.39, 0.29) is 12.1 Å². The molecule has 2 heteroatoms. The van der Waals surface area contributed by atoms with Gasteiger partial charge in [0.2, 0.25) is 6.71 Å². The lowest BCUT2D eigenvalue weighted by atomic mass is 9.33. The first-order chi connectivity index (χ1) is 30.0. The number of nitrogens with zero attached hydrogens (tertiary/aromatic N) is 1. The van der Waals surface area contributed by atoms with Crippen LogP contribution in [-0.4, -0.2) is 11.7 Å². The molecule has 0 saturated carbocycles. The van der Waals surface area contributed by atoms with E-state index in [1.807, 2.05) is 12.4 Å². The lowest BCUT2D eigenvalue weighted by molar-refractivity contribution is 0.398. The maximum Gasteiger partial charge on any atom is 0.243 e. The summed E-state index contributed by atoms with van der Waals surface area (Å²) in [4.78, 5) is 4.30. The van der Waals surface area contributed by atoms with Gasteiger partial charge in [-0.1, -0.05) is 219 Å². The number of pyridine rings is 1. The van der Waals surface area contributed by atoms with Gasteiger partial charge in [-0.25, -0.2) is 0 Å². The standard InChI is InChI=1S/C60H74BN/c1-11-13-15-17-19-21-29-60(30-22-20-18-16-14-12-2)55-35-41(3)23-25-53(55)54-26-24-50(40-56(54)60)52-38-47(9)59(48(10)39-52)61(57-43(5)33-42(4)34-44(57)6)58-45(7)36-51(37-46(58)8)49-27-31-62-32-28-49/h23-28,31-40H,11-22,29-30H2,1-10H3.